The molecule has 3 rings (SSSR count). The van der Waals surface area contributed by atoms with Crippen molar-refractivity contribution in [3.63, 3.8) is 0 Å². The van der Waals surface area contributed by atoms with Crippen molar-refractivity contribution in [2.75, 3.05) is 18.2 Å². The van der Waals surface area contributed by atoms with Gasteiger partial charge in [-0.15, -0.1) is 11.3 Å². The number of esters is 1. The number of amides is 1. The van der Waals surface area contributed by atoms with E-state index >= 15 is 0 Å². The largest absolute Gasteiger partial charge is 0.465 e. The Bertz CT molecular complexity index is 1110. The van der Waals surface area contributed by atoms with Crippen LogP contribution in [0.4, 0.5) is 5.69 Å². The van der Waals surface area contributed by atoms with E-state index in [1.54, 1.807) is 34.9 Å². The predicted molar refractivity (Wildman–Crippen MR) is 116 cm³/mol. The van der Waals surface area contributed by atoms with Gasteiger partial charge in [0.1, 0.15) is 4.70 Å². The molecule has 2 heterocycles. The Morgan fingerprint density at radius 2 is 2.07 bits per heavy atom. The lowest BCUT2D eigenvalue weighted by Gasteiger charge is -2.17. The van der Waals surface area contributed by atoms with Crippen LogP contribution in [0.15, 0.2) is 45.7 Å². The number of nitrogens with zero attached hydrogens (tertiary/aromatic N) is 2. The Hall–Kier alpha value is -2.65. The molecule has 1 amide bonds. The van der Waals surface area contributed by atoms with Gasteiger partial charge in [-0.1, -0.05) is 30.8 Å². The maximum Gasteiger partial charge on any atom is 0.339 e. The fourth-order valence-corrected chi connectivity index (χ4v) is 4.44. The topological polar surface area (TPSA) is 90.3 Å². The highest BCUT2D eigenvalue weighted by molar-refractivity contribution is 7.99. The standard InChI is InChI=1S/C20H21N3O4S2/c1-4-12(2)23-18(25)17-15(9-10-28-17)22-20(23)29-11-16(24)21-14-8-6-5-7-13(14)19(26)27-3/h5-10,12H,4,11H2,1-3H3,(H,21,24). The van der Waals surface area contributed by atoms with Gasteiger partial charge in [-0.25, -0.2) is 9.78 Å². The summed E-state index contributed by atoms with van der Waals surface area (Å²) in [6.45, 7) is 3.96. The maximum absolute atomic E-state index is 12.9. The van der Waals surface area contributed by atoms with Gasteiger partial charge < -0.3 is 10.1 Å². The summed E-state index contributed by atoms with van der Waals surface area (Å²) in [6.07, 6.45) is 0.769. The van der Waals surface area contributed by atoms with E-state index in [2.05, 4.69) is 10.3 Å². The first-order chi connectivity index (χ1) is 14.0. The average molecular weight is 432 g/mol. The average Bonchev–Trinajstić information content (AvgIpc) is 3.20. The Balaban J connectivity index is 1.81. The number of rotatable bonds is 7. The minimum absolute atomic E-state index is 0.0351. The normalized spacial score (nSPS) is 12.0. The molecule has 0 radical (unpaired) electrons. The minimum Gasteiger partial charge on any atom is -0.465 e. The molecule has 7 nitrogen and oxygen atoms in total. The van der Waals surface area contributed by atoms with Crippen molar-refractivity contribution in [3.05, 3.63) is 51.6 Å². The molecule has 1 aromatic carbocycles. The van der Waals surface area contributed by atoms with E-state index < -0.39 is 5.97 Å². The van der Waals surface area contributed by atoms with Crippen LogP contribution < -0.4 is 10.9 Å². The number of hydrogen-bond donors (Lipinski definition) is 1. The molecule has 152 valence electrons. The summed E-state index contributed by atoms with van der Waals surface area (Å²) < 4.78 is 7.01. The van der Waals surface area contributed by atoms with Crippen molar-refractivity contribution in [1.29, 1.82) is 0 Å². The zero-order valence-corrected chi connectivity index (χ0v) is 17.9. The molecule has 0 aliphatic carbocycles. The van der Waals surface area contributed by atoms with Crippen LogP contribution >= 0.6 is 23.1 Å². The molecule has 29 heavy (non-hydrogen) atoms. The fraction of sp³-hybridized carbons (Fsp3) is 0.300. The third-order valence-electron chi connectivity index (χ3n) is 4.45. The Morgan fingerprint density at radius 1 is 1.31 bits per heavy atom. The number of ether oxygens (including phenoxy) is 1. The van der Waals surface area contributed by atoms with Gasteiger partial charge in [0.2, 0.25) is 5.91 Å². The molecule has 2 aromatic heterocycles. The monoisotopic (exact) mass is 431 g/mol. The number of thioether (sulfide) groups is 1. The smallest absolute Gasteiger partial charge is 0.339 e. The van der Waals surface area contributed by atoms with Gasteiger partial charge in [-0.2, -0.15) is 0 Å². The van der Waals surface area contributed by atoms with Crippen LogP contribution in [-0.4, -0.2) is 34.3 Å². The van der Waals surface area contributed by atoms with E-state index in [9.17, 15) is 14.4 Å². The number of carbonyl (C=O) groups excluding carboxylic acids is 2. The molecular formula is C20H21N3O4S2. The number of para-hydroxylation sites is 1. The lowest BCUT2D eigenvalue weighted by Crippen LogP contribution is -2.26. The van der Waals surface area contributed by atoms with Crippen LogP contribution in [0.3, 0.4) is 0 Å². The highest BCUT2D eigenvalue weighted by atomic mass is 32.2. The van der Waals surface area contributed by atoms with E-state index in [4.69, 9.17) is 4.74 Å². The summed E-state index contributed by atoms with van der Waals surface area (Å²) in [5, 5.41) is 5.08. The van der Waals surface area contributed by atoms with Crippen LogP contribution in [0, 0.1) is 0 Å². The number of anilines is 1. The summed E-state index contributed by atoms with van der Waals surface area (Å²) >= 11 is 2.57. The second-order valence-electron chi connectivity index (χ2n) is 6.34. The van der Waals surface area contributed by atoms with E-state index in [0.717, 1.165) is 6.42 Å². The Labute approximate surface area is 176 Å². The molecule has 0 saturated heterocycles. The lowest BCUT2D eigenvalue weighted by atomic mass is 10.2. The van der Waals surface area contributed by atoms with Crippen molar-refractivity contribution >= 4 is 50.9 Å². The molecule has 0 saturated carbocycles. The second-order valence-corrected chi connectivity index (χ2v) is 8.19. The Morgan fingerprint density at radius 3 is 2.79 bits per heavy atom. The molecule has 9 heteroatoms. The summed E-state index contributed by atoms with van der Waals surface area (Å²) in [6, 6.07) is 8.41. The van der Waals surface area contributed by atoms with Crippen molar-refractivity contribution in [3.8, 4) is 0 Å². The van der Waals surface area contributed by atoms with Crippen molar-refractivity contribution in [2.24, 2.45) is 0 Å². The van der Waals surface area contributed by atoms with Crippen LogP contribution in [0.5, 0.6) is 0 Å². The third-order valence-corrected chi connectivity index (χ3v) is 6.29. The third kappa shape index (κ3) is 4.51. The predicted octanol–water partition coefficient (Wildman–Crippen LogP) is 3.95. The second kappa shape index (κ2) is 9.23. The van der Waals surface area contributed by atoms with Gasteiger partial charge in [0.15, 0.2) is 5.16 Å². The zero-order valence-electron chi connectivity index (χ0n) is 16.3. The van der Waals surface area contributed by atoms with Gasteiger partial charge in [0.25, 0.3) is 5.56 Å². The molecule has 1 N–H and O–H groups in total. The maximum atomic E-state index is 12.9. The van der Waals surface area contributed by atoms with Gasteiger partial charge in [-0.3, -0.25) is 14.2 Å². The molecule has 1 unspecified atom stereocenters. The Kier molecular flexibility index (Phi) is 6.71. The van der Waals surface area contributed by atoms with E-state index in [1.807, 2.05) is 19.2 Å². The molecular weight excluding hydrogens is 410 g/mol. The molecule has 1 atom stereocenters. The first kappa shape index (κ1) is 21.1. The van der Waals surface area contributed by atoms with Crippen LogP contribution in [0.2, 0.25) is 0 Å². The number of carbonyl (C=O) groups is 2. The van der Waals surface area contributed by atoms with Crippen molar-refractivity contribution < 1.29 is 14.3 Å². The van der Waals surface area contributed by atoms with Gasteiger partial charge >= 0.3 is 5.97 Å². The number of fused-ring (bicyclic) bond motifs is 1. The number of methoxy groups -OCH3 is 1. The van der Waals surface area contributed by atoms with Crippen molar-refractivity contribution in [2.45, 2.75) is 31.5 Å². The number of nitrogens with one attached hydrogen (secondary N) is 1. The molecule has 0 fully saturated rings. The van der Waals surface area contributed by atoms with Gasteiger partial charge in [-0.05, 0) is 36.9 Å². The van der Waals surface area contributed by atoms with E-state index in [-0.39, 0.29) is 28.8 Å². The first-order valence-corrected chi connectivity index (χ1v) is 10.9. The summed E-state index contributed by atoms with van der Waals surface area (Å²) in [5.41, 5.74) is 1.21. The number of benzene rings is 1. The molecule has 0 spiro atoms. The summed E-state index contributed by atoms with van der Waals surface area (Å²) in [5.74, 6) is -0.779. The van der Waals surface area contributed by atoms with Crippen LogP contribution in [-0.2, 0) is 9.53 Å². The first-order valence-electron chi connectivity index (χ1n) is 9.06. The van der Waals surface area contributed by atoms with E-state index in [0.29, 0.717) is 21.1 Å². The van der Waals surface area contributed by atoms with Crippen LogP contribution in [0.1, 0.15) is 36.7 Å². The number of aromatic nitrogens is 2. The summed E-state index contributed by atoms with van der Waals surface area (Å²) in [4.78, 5) is 41.8. The van der Waals surface area contributed by atoms with Gasteiger partial charge in [0, 0.05) is 6.04 Å². The molecule has 0 bridgehead atoms. The molecule has 0 aliphatic rings. The highest BCUT2D eigenvalue weighted by Gasteiger charge is 2.18. The SMILES string of the molecule is CCC(C)n1c(SCC(=O)Nc2ccccc2C(=O)OC)nc2ccsc2c1=O. The van der Waals surface area contributed by atoms with Gasteiger partial charge in [0.05, 0.1) is 29.6 Å². The fourth-order valence-electron chi connectivity index (χ4n) is 2.77. The minimum atomic E-state index is -0.524. The van der Waals surface area contributed by atoms with Crippen molar-refractivity contribution in [1.82, 2.24) is 9.55 Å². The number of thiophene rings is 1. The molecule has 0 aliphatic heterocycles. The quantitative estimate of drug-likeness (QED) is 0.346. The number of hydrogen-bond acceptors (Lipinski definition) is 7. The molecule has 3 aromatic rings. The zero-order chi connectivity index (χ0) is 21.0. The highest BCUT2D eigenvalue weighted by Crippen LogP contribution is 2.25. The van der Waals surface area contributed by atoms with E-state index in [1.165, 1.54) is 30.2 Å². The lowest BCUT2D eigenvalue weighted by molar-refractivity contribution is -0.113. The van der Waals surface area contributed by atoms with Crippen LogP contribution in [0.25, 0.3) is 10.2 Å². The summed E-state index contributed by atoms with van der Waals surface area (Å²) in [7, 11) is 1.29.